The van der Waals surface area contributed by atoms with Gasteiger partial charge >= 0.3 is 6.03 Å². The number of rotatable bonds is 17. The van der Waals surface area contributed by atoms with Crippen molar-refractivity contribution in [2.45, 2.75) is 129 Å². The van der Waals surface area contributed by atoms with E-state index in [4.69, 9.17) is 36.9 Å². The van der Waals surface area contributed by atoms with Crippen LogP contribution in [0.4, 0.5) is 15.0 Å². The number of aliphatic imine (C=N–C) groups is 1. The van der Waals surface area contributed by atoms with Crippen molar-refractivity contribution in [3.8, 4) is 29.0 Å². The number of nitriles is 1. The van der Waals surface area contributed by atoms with E-state index in [-0.39, 0.29) is 65.6 Å². The smallest absolute Gasteiger partial charge is 0.326 e. The first-order chi connectivity index (χ1) is 39.7. The van der Waals surface area contributed by atoms with Gasteiger partial charge in [-0.15, -0.1) is 0 Å². The highest BCUT2D eigenvalue weighted by molar-refractivity contribution is 6.30. The van der Waals surface area contributed by atoms with Crippen molar-refractivity contribution < 1.29 is 28.2 Å². The number of aromatic nitrogens is 4. The van der Waals surface area contributed by atoms with Crippen LogP contribution in [0, 0.1) is 17.1 Å². The van der Waals surface area contributed by atoms with Crippen LogP contribution in [-0.2, 0) is 34.4 Å². The van der Waals surface area contributed by atoms with Crippen LogP contribution in [0.1, 0.15) is 149 Å². The third-order valence-corrected chi connectivity index (χ3v) is 16.8. The largest absolute Gasteiger partial charge is 0.493 e. The van der Waals surface area contributed by atoms with Gasteiger partial charge in [0.2, 0.25) is 5.91 Å². The van der Waals surface area contributed by atoms with E-state index in [0.717, 1.165) is 80.4 Å². The van der Waals surface area contributed by atoms with E-state index in [0.29, 0.717) is 59.5 Å². The number of ether oxygens (including phenoxy) is 2. The van der Waals surface area contributed by atoms with E-state index < -0.39 is 28.9 Å². The number of hydrogen-bond acceptors (Lipinski definition) is 12. The first-order valence-electron chi connectivity index (χ1n) is 28.9. The number of piperazine rings is 1. The molecule has 19 heteroatoms. The molecule has 3 N–H and O–H groups in total. The molecule has 4 amide bonds. The summed E-state index contributed by atoms with van der Waals surface area (Å²) in [4.78, 5) is 64.7. The molecule has 0 unspecified atom stereocenters. The zero-order chi connectivity index (χ0) is 59.2. The highest BCUT2D eigenvalue weighted by Crippen LogP contribution is 2.54. The Morgan fingerprint density at radius 2 is 1.61 bits per heavy atom. The minimum absolute atomic E-state index is 0.000892. The number of nitrogens with two attached hydrogens (primary N) is 1. The fourth-order valence-corrected chi connectivity index (χ4v) is 11.7. The average Bonchev–Trinajstić information content (AvgIpc) is 3.00. The number of urea groups is 1. The van der Waals surface area contributed by atoms with Gasteiger partial charge in [0.25, 0.3) is 11.8 Å². The molecule has 3 aliphatic heterocycles. The number of nitrogens with one attached hydrogen (secondary N) is 1. The summed E-state index contributed by atoms with van der Waals surface area (Å²) in [7, 11) is 1.60. The molecular weight excluding hydrogens is 1070 g/mol. The van der Waals surface area contributed by atoms with Crippen molar-refractivity contribution in [2.75, 3.05) is 58.7 Å². The standard InChI is InChI=1S/C64H76ClFN12O5/c1-9-82-54-37-45(62(3,4)5)24-28-49(54)58-72-63(6,43-19-15-14-16-20-43)64(7,44-22-25-46(65)26-23-44)78(58)61(81)76-35-33-75(34-36-76)31-18-13-11-10-12-17-21-55(79)69-30-32-77-53(39-67)56-51-40-70-57(68)59(71-51)83-42(2)50-38-47(66)27-29-48(50)60(80)74(8)41-52(56)73-77/h14-16,19-20,22-29,37-38,40,42H,9-13,17-18,21,30-36,41H2,1-8H3,(H2,68,70)(H,69,79)/t42-,63-,64+/m1/s1. The summed E-state index contributed by atoms with van der Waals surface area (Å²) >= 11 is 6.51. The molecule has 1 saturated heterocycles. The fraction of sp³-hybridized carbons (Fsp3) is 0.438. The van der Waals surface area contributed by atoms with Gasteiger partial charge < -0.3 is 30.3 Å². The average molecular weight is 1150 g/mol. The number of fused-ring (bicyclic) bond motifs is 5. The molecule has 83 heavy (non-hydrogen) atoms. The lowest BCUT2D eigenvalue weighted by Gasteiger charge is -2.47. The topological polar surface area (TPSA) is 200 Å². The Hall–Kier alpha value is -7.88. The summed E-state index contributed by atoms with van der Waals surface area (Å²) in [5, 5.41) is 18.8. The van der Waals surface area contributed by atoms with Gasteiger partial charge in [-0.1, -0.05) is 107 Å². The Morgan fingerprint density at radius 3 is 2.31 bits per heavy atom. The van der Waals surface area contributed by atoms with E-state index in [2.05, 4.69) is 91.2 Å². The first-order valence-corrected chi connectivity index (χ1v) is 29.2. The molecule has 4 aromatic carbocycles. The second kappa shape index (κ2) is 25.3. The van der Waals surface area contributed by atoms with Gasteiger partial charge in [-0.3, -0.25) is 29.1 Å². The van der Waals surface area contributed by atoms with Crippen molar-refractivity contribution in [3.63, 3.8) is 0 Å². The van der Waals surface area contributed by atoms with Crippen LogP contribution in [0.2, 0.25) is 5.02 Å². The zero-order valence-corrected chi connectivity index (χ0v) is 49.7. The van der Waals surface area contributed by atoms with Crippen LogP contribution < -0.4 is 20.5 Å². The van der Waals surface area contributed by atoms with Crippen molar-refractivity contribution in [2.24, 2.45) is 4.99 Å². The monoisotopic (exact) mass is 1150 g/mol. The minimum atomic E-state index is -0.969. The molecule has 3 aliphatic rings. The van der Waals surface area contributed by atoms with Gasteiger partial charge in [-0.25, -0.2) is 19.2 Å². The zero-order valence-electron chi connectivity index (χ0n) is 49.0. The van der Waals surface area contributed by atoms with Gasteiger partial charge in [-0.2, -0.15) is 10.4 Å². The third kappa shape index (κ3) is 12.6. The molecular formula is C64H76ClFN12O5. The molecule has 0 radical (unpaired) electrons. The molecule has 436 valence electrons. The maximum atomic E-state index is 15.5. The number of hydrogen-bond donors (Lipinski definition) is 2. The lowest BCUT2D eigenvalue weighted by Crippen LogP contribution is -2.60. The number of carbonyl (C=O) groups excluding carboxylic acids is 3. The molecule has 3 atom stereocenters. The molecule has 9 rings (SSSR count). The Kier molecular flexibility index (Phi) is 18.2. The number of anilines is 1. The van der Waals surface area contributed by atoms with Crippen molar-refractivity contribution in [3.05, 3.63) is 153 Å². The summed E-state index contributed by atoms with van der Waals surface area (Å²) < 4.78 is 28.4. The SMILES string of the molecule is CCOc1cc(C(C)(C)C)ccc1C1=N[C@](C)(c2ccccc2)[C@](C)(c2ccc(Cl)cc2)N1C(=O)N1CCN(CCCCCCCCC(=O)NCCn2nc3c(c2C#N)-c2cnc(N)c(n2)O[C@H](C)c2cc(F)ccc2C(=O)N(C)C3)CC1. The first kappa shape index (κ1) is 59.7. The van der Waals surface area contributed by atoms with Crippen LogP contribution in [-0.4, -0.2) is 116 Å². The molecule has 0 spiro atoms. The molecule has 17 nitrogen and oxygen atoms in total. The lowest BCUT2D eigenvalue weighted by molar-refractivity contribution is -0.121. The third-order valence-electron chi connectivity index (χ3n) is 16.5. The fourth-order valence-electron chi connectivity index (χ4n) is 11.6. The number of nitrogens with zero attached hydrogens (tertiary/aromatic N) is 10. The van der Waals surface area contributed by atoms with E-state index in [1.54, 1.807) is 14.0 Å². The summed E-state index contributed by atoms with van der Waals surface area (Å²) in [6.45, 7) is 18.9. The van der Waals surface area contributed by atoms with E-state index in [1.807, 2.05) is 59.2 Å². The summed E-state index contributed by atoms with van der Waals surface area (Å²) in [6.07, 6.45) is 6.81. The number of halogens is 2. The second-order valence-corrected chi connectivity index (χ2v) is 23.6. The Bertz CT molecular complexity index is 3410. The number of nitrogen functional groups attached to an aromatic ring is 1. The molecule has 5 heterocycles. The van der Waals surface area contributed by atoms with Crippen molar-refractivity contribution in [1.82, 2.24) is 44.7 Å². The van der Waals surface area contributed by atoms with Crippen molar-refractivity contribution >= 4 is 41.1 Å². The van der Waals surface area contributed by atoms with E-state index >= 15 is 4.79 Å². The number of benzene rings is 4. The Labute approximate surface area is 491 Å². The van der Waals surface area contributed by atoms with Crippen LogP contribution in [0.15, 0.2) is 102 Å². The summed E-state index contributed by atoms with van der Waals surface area (Å²) in [5.74, 6) is 0.200. The molecule has 2 bridgehead atoms. The number of unbranched alkanes of at least 4 members (excludes halogenated alkanes) is 5. The number of carbonyl (C=O) groups is 3. The van der Waals surface area contributed by atoms with Gasteiger partial charge in [0, 0.05) is 62.3 Å². The normalized spacial score (nSPS) is 19.2. The van der Waals surface area contributed by atoms with Crippen LogP contribution >= 0.6 is 11.6 Å². The lowest BCUT2D eigenvalue weighted by atomic mass is 9.71. The molecule has 0 aliphatic carbocycles. The van der Waals surface area contributed by atoms with Gasteiger partial charge in [0.1, 0.15) is 46.3 Å². The minimum Gasteiger partial charge on any atom is -0.493 e. The maximum Gasteiger partial charge on any atom is 0.326 e. The van der Waals surface area contributed by atoms with Crippen LogP contribution in [0.5, 0.6) is 11.6 Å². The molecule has 0 saturated carbocycles. The Morgan fingerprint density at radius 1 is 0.916 bits per heavy atom. The second-order valence-electron chi connectivity index (χ2n) is 23.1. The maximum absolute atomic E-state index is 15.5. The van der Waals surface area contributed by atoms with Crippen molar-refractivity contribution in [1.29, 1.82) is 5.26 Å². The van der Waals surface area contributed by atoms with E-state index in [9.17, 15) is 19.2 Å². The van der Waals surface area contributed by atoms with Gasteiger partial charge in [0.15, 0.2) is 5.82 Å². The molecule has 6 aromatic rings. The highest BCUT2D eigenvalue weighted by Gasteiger charge is 2.60. The van der Waals surface area contributed by atoms with Gasteiger partial charge in [0.05, 0.1) is 48.4 Å². The molecule has 2 aromatic heterocycles. The van der Waals surface area contributed by atoms with Crippen LogP contribution in [0.3, 0.4) is 0 Å². The molecule has 1 fully saturated rings. The van der Waals surface area contributed by atoms with Gasteiger partial charge in [-0.05, 0) is 112 Å². The quantitative estimate of drug-likeness (QED) is 0.0823. The summed E-state index contributed by atoms with van der Waals surface area (Å²) in [5.41, 5.74) is 9.70. The Balaban J connectivity index is 0.767. The predicted octanol–water partition coefficient (Wildman–Crippen LogP) is 11.2. The van der Waals surface area contributed by atoms with E-state index in [1.165, 1.54) is 34.0 Å². The highest BCUT2D eigenvalue weighted by atomic mass is 35.5. The van der Waals surface area contributed by atoms with Crippen LogP contribution in [0.25, 0.3) is 11.3 Å². The number of amidine groups is 1. The predicted molar refractivity (Wildman–Crippen MR) is 320 cm³/mol. The summed E-state index contributed by atoms with van der Waals surface area (Å²) in [6, 6.07) is 30.3. The number of amides is 4.